The van der Waals surface area contributed by atoms with Gasteiger partial charge in [0.15, 0.2) is 0 Å². The van der Waals surface area contributed by atoms with Gasteiger partial charge in [0.1, 0.15) is 23.0 Å². The van der Waals surface area contributed by atoms with Crippen LogP contribution in [0, 0.1) is 0 Å². The number of carbonyl (C=O) groups is 2. The molecule has 0 bridgehead atoms. The van der Waals surface area contributed by atoms with E-state index in [0.717, 1.165) is 15.6 Å². The van der Waals surface area contributed by atoms with E-state index in [4.69, 9.17) is 32.7 Å². The lowest BCUT2D eigenvalue weighted by atomic mass is 10.1. The van der Waals surface area contributed by atoms with Crippen molar-refractivity contribution < 1.29 is 19.1 Å². The van der Waals surface area contributed by atoms with E-state index >= 15 is 0 Å². The van der Waals surface area contributed by atoms with Crippen molar-refractivity contribution in [1.82, 2.24) is 5.43 Å². The minimum absolute atomic E-state index is 0.345. The first-order valence-electron chi connectivity index (χ1n) is 11.8. The summed E-state index contributed by atoms with van der Waals surface area (Å²) in [5.41, 5.74) is 4.60. The summed E-state index contributed by atoms with van der Waals surface area (Å²) in [4.78, 5) is 25.4. The SMILES string of the molecule is O=C(N/N=C\c1ccc(OC(=O)c2sc3ccccc3c2Cl)cc1)c1ccc(COc2ccc(Cl)cc2)cc1. The van der Waals surface area contributed by atoms with Crippen LogP contribution >= 0.6 is 34.5 Å². The summed E-state index contributed by atoms with van der Waals surface area (Å²) in [6, 6.07) is 28.4. The molecule has 5 rings (SSSR count). The highest BCUT2D eigenvalue weighted by atomic mass is 35.5. The van der Waals surface area contributed by atoms with Crippen molar-refractivity contribution in [2.24, 2.45) is 5.10 Å². The number of rotatable bonds is 8. The van der Waals surface area contributed by atoms with Gasteiger partial charge >= 0.3 is 5.97 Å². The van der Waals surface area contributed by atoms with E-state index in [9.17, 15) is 9.59 Å². The highest BCUT2D eigenvalue weighted by Gasteiger charge is 2.18. The second-order valence-corrected chi connectivity index (χ2v) is 10.2. The number of benzene rings is 4. The van der Waals surface area contributed by atoms with Crippen molar-refractivity contribution >= 4 is 62.7 Å². The van der Waals surface area contributed by atoms with E-state index in [0.29, 0.717) is 44.2 Å². The first kappa shape index (κ1) is 26.4. The maximum absolute atomic E-state index is 12.6. The van der Waals surface area contributed by atoms with Crippen LogP contribution < -0.4 is 14.9 Å². The van der Waals surface area contributed by atoms with E-state index in [2.05, 4.69) is 10.5 Å². The Hall–Kier alpha value is -4.17. The number of hydrogen-bond donors (Lipinski definition) is 1. The molecule has 1 heterocycles. The Kier molecular flexibility index (Phi) is 8.22. The Bertz CT molecular complexity index is 1650. The number of esters is 1. The molecule has 0 saturated heterocycles. The molecule has 0 spiro atoms. The minimum Gasteiger partial charge on any atom is -0.489 e. The standard InChI is InChI=1S/C30H20Cl2N2O4S/c31-22-11-15-23(16-12-22)37-18-20-5-9-21(10-6-20)29(35)34-33-17-19-7-13-24(14-8-19)38-30(36)28-27(32)25-3-1-2-4-26(25)39-28/h1-17H,18H2,(H,34,35)/b33-17-. The zero-order valence-electron chi connectivity index (χ0n) is 20.3. The predicted molar refractivity (Wildman–Crippen MR) is 156 cm³/mol. The van der Waals surface area contributed by atoms with Crippen molar-refractivity contribution in [2.75, 3.05) is 0 Å². The molecule has 0 atom stereocenters. The molecule has 194 valence electrons. The lowest BCUT2D eigenvalue weighted by Gasteiger charge is -2.07. The third-order valence-electron chi connectivity index (χ3n) is 5.63. The van der Waals surface area contributed by atoms with Gasteiger partial charge in [-0.15, -0.1) is 11.3 Å². The number of ether oxygens (including phenoxy) is 2. The molecule has 6 nitrogen and oxygen atoms in total. The van der Waals surface area contributed by atoms with E-state index in [1.54, 1.807) is 60.7 Å². The third-order valence-corrected chi connectivity index (χ3v) is 7.53. The van der Waals surface area contributed by atoms with Crippen LogP contribution in [0.5, 0.6) is 11.5 Å². The number of fused-ring (bicyclic) bond motifs is 1. The fourth-order valence-electron chi connectivity index (χ4n) is 3.60. The molecular weight excluding hydrogens is 555 g/mol. The molecule has 0 unspecified atom stereocenters. The van der Waals surface area contributed by atoms with Gasteiger partial charge in [0, 0.05) is 20.7 Å². The van der Waals surface area contributed by atoms with E-state index in [-0.39, 0.29) is 5.91 Å². The van der Waals surface area contributed by atoms with Crippen LogP contribution in [0.2, 0.25) is 10.0 Å². The van der Waals surface area contributed by atoms with Gasteiger partial charge in [-0.25, -0.2) is 10.2 Å². The molecule has 1 aromatic heterocycles. The van der Waals surface area contributed by atoms with Crippen LogP contribution in [0.25, 0.3) is 10.1 Å². The van der Waals surface area contributed by atoms with Gasteiger partial charge in [-0.2, -0.15) is 5.10 Å². The zero-order valence-corrected chi connectivity index (χ0v) is 22.6. The molecule has 39 heavy (non-hydrogen) atoms. The molecule has 9 heteroatoms. The van der Waals surface area contributed by atoms with Crippen molar-refractivity contribution in [2.45, 2.75) is 6.61 Å². The second kappa shape index (κ2) is 12.1. The average Bonchev–Trinajstić information content (AvgIpc) is 3.30. The van der Waals surface area contributed by atoms with Crippen LogP contribution in [-0.4, -0.2) is 18.1 Å². The summed E-state index contributed by atoms with van der Waals surface area (Å²) in [7, 11) is 0. The monoisotopic (exact) mass is 574 g/mol. The van der Waals surface area contributed by atoms with Crippen molar-refractivity contribution in [1.29, 1.82) is 0 Å². The molecular formula is C30H20Cl2N2O4S. The van der Waals surface area contributed by atoms with Gasteiger partial charge in [0.2, 0.25) is 0 Å². The molecule has 0 aliphatic rings. The van der Waals surface area contributed by atoms with Gasteiger partial charge in [-0.3, -0.25) is 4.79 Å². The van der Waals surface area contributed by atoms with Gasteiger partial charge in [-0.1, -0.05) is 53.5 Å². The number of hydrogen-bond acceptors (Lipinski definition) is 6. The van der Waals surface area contributed by atoms with Crippen LogP contribution in [0.15, 0.2) is 102 Å². The summed E-state index contributed by atoms with van der Waals surface area (Å²) in [5.74, 6) is 0.219. The maximum atomic E-state index is 12.6. The van der Waals surface area contributed by atoms with E-state index in [1.165, 1.54) is 17.6 Å². The molecule has 1 amide bonds. The van der Waals surface area contributed by atoms with Crippen LogP contribution in [0.1, 0.15) is 31.2 Å². The fourth-order valence-corrected chi connectivity index (χ4v) is 5.11. The van der Waals surface area contributed by atoms with Crippen LogP contribution in [0.4, 0.5) is 0 Å². The first-order chi connectivity index (χ1) is 19.0. The summed E-state index contributed by atoms with van der Waals surface area (Å²) in [5, 5.41) is 5.87. The van der Waals surface area contributed by atoms with E-state index in [1.807, 2.05) is 36.4 Å². The Morgan fingerprint density at radius 3 is 2.26 bits per heavy atom. The molecule has 0 aliphatic heterocycles. The molecule has 0 radical (unpaired) electrons. The smallest absolute Gasteiger partial charge is 0.355 e. The topological polar surface area (TPSA) is 77.0 Å². The van der Waals surface area contributed by atoms with Crippen molar-refractivity contribution in [3.63, 3.8) is 0 Å². The zero-order chi connectivity index (χ0) is 27.2. The Morgan fingerprint density at radius 2 is 1.54 bits per heavy atom. The Morgan fingerprint density at radius 1 is 0.846 bits per heavy atom. The first-order valence-corrected chi connectivity index (χ1v) is 13.3. The number of hydrazone groups is 1. The summed E-state index contributed by atoms with van der Waals surface area (Å²) < 4.78 is 12.1. The van der Waals surface area contributed by atoms with Crippen LogP contribution in [-0.2, 0) is 6.61 Å². The van der Waals surface area contributed by atoms with Crippen molar-refractivity contribution in [3.8, 4) is 11.5 Å². The molecule has 4 aromatic carbocycles. The van der Waals surface area contributed by atoms with Gasteiger partial charge in [-0.05, 0) is 77.9 Å². The molecule has 0 fully saturated rings. The number of thiophene rings is 1. The number of nitrogens with zero attached hydrogens (tertiary/aromatic N) is 1. The second-order valence-electron chi connectivity index (χ2n) is 8.34. The largest absolute Gasteiger partial charge is 0.489 e. The minimum atomic E-state index is -0.516. The number of nitrogens with one attached hydrogen (secondary N) is 1. The van der Waals surface area contributed by atoms with Gasteiger partial charge < -0.3 is 9.47 Å². The van der Waals surface area contributed by atoms with E-state index < -0.39 is 5.97 Å². The summed E-state index contributed by atoms with van der Waals surface area (Å²) in [6.07, 6.45) is 1.50. The molecule has 1 N–H and O–H groups in total. The Labute approximate surface area is 238 Å². The maximum Gasteiger partial charge on any atom is 0.355 e. The van der Waals surface area contributed by atoms with Crippen LogP contribution in [0.3, 0.4) is 0 Å². The normalized spacial score (nSPS) is 11.0. The highest BCUT2D eigenvalue weighted by molar-refractivity contribution is 7.21. The molecule has 5 aromatic rings. The fraction of sp³-hybridized carbons (Fsp3) is 0.0333. The summed E-state index contributed by atoms with van der Waals surface area (Å²) in [6.45, 7) is 0.365. The predicted octanol–water partition coefficient (Wildman–Crippen LogP) is 7.77. The highest BCUT2D eigenvalue weighted by Crippen LogP contribution is 2.35. The van der Waals surface area contributed by atoms with Gasteiger partial charge in [0.05, 0.1) is 11.2 Å². The lowest BCUT2D eigenvalue weighted by Crippen LogP contribution is -2.17. The van der Waals surface area contributed by atoms with Crippen molar-refractivity contribution in [3.05, 3.63) is 129 Å². The molecule has 0 aliphatic carbocycles. The number of carbonyl (C=O) groups excluding carboxylic acids is 2. The number of halogens is 2. The quantitative estimate of drug-likeness (QED) is 0.0888. The summed E-state index contributed by atoms with van der Waals surface area (Å²) >= 11 is 13.5. The Balaban J connectivity index is 1.12. The third kappa shape index (κ3) is 6.64. The van der Waals surface area contributed by atoms with Gasteiger partial charge in [0.25, 0.3) is 5.91 Å². The number of amides is 1. The molecule has 0 saturated carbocycles. The average molecular weight is 575 g/mol. The lowest BCUT2D eigenvalue weighted by molar-refractivity contribution is 0.0739.